The van der Waals surface area contributed by atoms with Crippen LogP contribution in [0.1, 0.15) is 73.6 Å². The predicted octanol–water partition coefficient (Wildman–Crippen LogP) is 6.98. The zero-order valence-electron chi connectivity index (χ0n) is 22.8. The Morgan fingerprint density at radius 2 is 1.32 bits per heavy atom. The number of aromatic nitrogens is 1. The third kappa shape index (κ3) is 6.48. The number of para-hydroxylation sites is 2. The number of carbonyl (C=O) groups is 2. The SMILES string of the molecule is CC(C)(C)OC(=O)C=C(C(=O)OC(C)(C)C)C(=NC1CCCCC1)n1c2ccccc2c2ccccc21. The molecule has 2 aromatic carbocycles. The van der Waals surface area contributed by atoms with Crippen molar-refractivity contribution in [2.75, 3.05) is 0 Å². The Morgan fingerprint density at radius 1 is 0.811 bits per heavy atom. The molecule has 1 fully saturated rings. The summed E-state index contributed by atoms with van der Waals surface area (Å²) >= 11 is 0. The second kappa shape index (κ2) is 10.5. The van der Waals surface area contributed by atoms with E-state index in [9.17, 15) is 9.59 Å². The number of carbonyl (C=O) groups excluding carboxylic acids is 2. The molecule has 0 unspecified atom stereocenters. The number of benzene rings is 2. The lowest BCUT2D eigenvalue weighted by Gasteiger charge is -2.24. The van der Waals surface area contributed by atoms with Crippen molar-refractivity contribution in [1.82, 2.24) is 4.57 Å². The number of hydrogen-bond acceptors (Lipinski definition) is 5. The molecule has 0 N–H and O–H groups in total. The van der Waals surface area contributed by atoms with Gasteiger partial charge in [0.15, 0.2) is 0 Å². The van der Waals surface area contributed by atoms with Gasteiger partial charge in [-0.2, -0.15) is 0 Å². The van der Waals surface area contributed by atoms with E-state index in [1.54, 1.807) is 20.8 Å². The van der Waals surface area contributed by atoms with Crippen LogP contribution < -0.4 is 0 Å². The molecule has 6 nitrogen and oxygen atoms in total. The quantitative estimate of drug-likeness (QED) is 0.167. The Balaban J connectivity index is 1.99. The number of fused-ring (bicyclic) bond motifs is 3. The monoisotopic (exact) mass is 502 g/mol. The molecular formula is C31H38N2O4. The Kier molecular flexibility index (Phi) is 7.58. The van der Waals surface area contributed by atoms with Gasteiger partial charge in [-0.15, -0.1) is 0 Å². The summed E-state index contributed by atoms with van der Waals surface area (Å²) in [5.41, 5.74) is 0.469. The first-order valence-electron chi connectivity index (χ1n) is 13.2. The van der Waals surface area contributed by atoms with Crippen molar-refractivity contribution in [3.63, 3.8) is 0 Å². The third-order valence-corrected chi connectivity index (χ3v) is 6.20. The van der Waals surface area contributed by atoms with Crippen molar-refractivity contribution >= 4 is 39.6 Å². The number of ether oxygens (including phenoxy) is 2. The number of rotatable bonds is 4. The number of esters is 2. The highest BCUT2D eigenvalue weighted by Gasteiger charge is 2.30. The Labute approximate surface area is 219 Å². The van der Waals surface area contributed by atoms with E-state index < -0.39 is 23.1 Å². The Hall–Kier alpha value is -3.41. The van der Waals surface area contributed by atoms with E-state index in [0.717, 1.165) is 47.5 Å². The summed E-state index contributed by atoms with van der Waals surface area (Å²) in [6, 6.07) is 16.2. The Morgan fingerprint density at radius 3 is 1.84 bits per heavy atom. The first-order valence-corrected chi connectivity index (χ1v) is 13.2. The first kappa shape index (κ1) is 26.6. The van der Waals surface area contributed by atoms with Crippen molar-refractivity contribution in [3.05, 3.63) is 60.2 Å². The van der Waals surface area contributed by atoms with Crippen LogP contribution in [0.15, 0.2) is 65.2 Å². The van der Waals surface area contributed by atoms with E-state index in [1.807, 2.05) is 61.7 Å². The smallest absolute Gasteiger partial charge is 0.342 e. The van der Waals surface area contributed by atoms with Crippen LogP contribution in [0.5, 0.6) is 0 Å². The van der Waals surface area contributed by atoms with E-state index >= 15 is 0 Å². The highest BCUT2D eigenvalue weighted by Crippen LogP contribution is 2.31. The molecule has 0 bridgehead atoms. The first-order chi connectivity index (χ1) is 17.4. The van der Waals surface area contributed by atoms with Crippen LogP contribution in [0, 0.1) is 0 Å². The van der Waals surface area contributed by atoms with Crippen molar-refractivity contribution < 1.29 is 19.1 Å². The van der Waals surface area contributed by atoms with Gasteiger partial charge in [0.2, 0.25) is 0 Å². The van der Waals surface area contributed by atoms with Crippen molar-refractivity contribution in [2.45, 2.75) is 90.9 Å². The molecular weight excluding hydrogens is 464 g/mol. The molecule has 0 aliphatic heterocycles. The van der Waals surface area contributed by atoms with Crippen LogP contribution in [0.2, 0.25) is 0 Å². The molecule has 3 aromatic rings. The van der Waals surface area contributed by atoms with Gasteiger partial charge < -0.3 is 9.47 Å². The summed E-state index contributed by atoms with van der Waals surface area (Å²) in [4.78, 5) is 32.0. The van der Waals surface area contributed by atoms with E-state index in [2.05, 4.69) is 12.1 Å². The van der Waals surface area contributed by atoms with Crippen LogP contribution in [-0.2, 0) is 19.1 Å². The maximum atomic E-state index is 13.7. The molecule has 0 radical (unpaired) electrons. The van der Waals surface area contributed by atoms with E-state index in [4.69, 9.17) is 14.5 Å². The van der Waals surface area contributed by atoms with Crippen molar-refractivity contribution in [1.29, 1.82) is 0 Å². The van der Waals surface area contributed by atoms with Crippen LogP contribution in [0.25, 0.3) is 21.8 Å². The fourth-order valence-electron chi connectivity index (χ4n) is 4.78. The second-order valence-electron chi connectivity index (χ2n) is 11.7. The molecule has 1 aliphatic rings. The minimum Gasteiger partial charge on any atom is -0.457 e. The largest absolute Gasteiger partial charge is 0.457 e. The van der Waals surface area contributed by atoms with Crippen LogP contribution in [0.3, 0.4) is 0 Å². The summed E-state index contributed by atoms with van der Waals surface area (Å²) in [5, 5.41) is 2.10. The molecule has 196 valence electrons. The normalized spacial score (nSPS) is 16.3. The van der Waals surface area contributed by atoms with E-state index in [0.29, 0.717) is 5.84 Å². The van der Waals surface area contributed by atoms with Crippen LogP contribution >= 0.6 is 0 Å². The number of aliphatic imine (C=N–C) groups is 1. The lowest BCUT2D eigenvalue weighted by atomic mass is 9.96. The lowest BCUT2D eigenvalue weighted by molar-refractivity contribution is -0.152. The number of hydrogen-bond donors (Lipinski definition) is 0. The van der Waals surface area contributed by atoms with Gasteiger partial charge in [-0.25, -0.2) is 9.59 Å². The van der Waals surface area contributed by atoms with E-state index in [-0.39, 0.29) is 11.6 Å². The van der Waals surface area contributed by atoms with Gasteiger partial charge in [0.05, 0.1) is 17.1 Å². The average molecular weight is 503 g/mol. The van der Waals surface area contributed by atoms with E-state index in [1.165, 1.54) is 12.5 Å². The summed E-state index contributed by atoms with van der Waals surface area (Å²) < 4.78 is 13.4. The van der Waals surface area contributed by atoms with Crippen molar-refractivity contribution in [3.8, 4) is 0 Å². The molecule has 0 spiro atoms. The third-order valence-electron chi connectivity index (χ3n) is 6.20. The number of nitrogens with zero attached hydrogens (tertiary/aromatic N) is 2. The van der Waals surface area contributed by atoms with Gasteiger partial charge in [0.25, 0.3) is 0 Å². The minimum atomic E-state index is -0.749. The molecule has 4 rings (SSSR count). The second-order valence-corrected chi connectivity index (χ2v) is 11.7. The molecule has 0 amide bonds. The van der Waals surface area contributed by atoms with Gasteiger partial charge in [-0.05, 0) is 66.5 Å². The summed E-state index contributed by atoms with van der Waals surface area (Å²) in [6.45, 7) is 10.8. The summed E-state index contributed by atoms with van der Waals surface area (Å²) in [5.74, 6) is -0.787. The van der Waals surface area contributed by atoms with Gasteiger partial charge in [0, 0.05) is 16.8 Å². The molecule has 0 saturated heterocycles. The average Bonchev–Trinajstić information content (AvgIpc) is 3.14. The molecule has 1 heterocycles. The highest BCUT2D eigenvalue weighted by atomic mass is 16.6. The van der Waals surface area contributed by atoms with Crippen LogP contribution in [0.4, 0.5) is 0 Å². The molecule has 6 heteroatoms. The predicted molar refractivity (Wildman–Crippen MR) is 149 cm³/mol. The fourth-order valence-corrected chi connectivity index (χ4v) is 4.78. The minimum absolute atomic E-state index is 0.0492. The van der Waals surface area contributed by atoms with Crippen molar-refractivity contribution in [2.24, 2.45) is 4.99 Å². The summed E-state index contributed by atoms with van der Waals surface area (Å²) in [7, 11) is 0. The zero-order valence-corrected chi connectivity index (χ0v) is 22.8. The molecule has 37 heavy (non-hydrogen) atoms. The molecule has 1 aromatic heterocycles. The summed E-state index contributed by atoms with van der Waals surface area (Å²) in [6.07, 6.45) is 6.50. The molecule has 0 atom stereocenters. The standard InChI is InChI=1S/C31H38N2O4/c1-30(2,3)36-27(34)20-24(29(35)37-31(4,5)6)28(32-21-14-8-7-9-15-21)33-25-18-12-10-16-22(25)23-17-11-13-19-26(23)33/h10-13,16-21H,7-9,14-15H2,1-6H3. The van der Waals surface area contributed by atoms with Gasteiger partial charge in [-0.3, -0.25) is 9.56 Å². The molecule has 1 aliphatic carbocycles. The fraction of sp³-hybridized carbons (Fsp3) is 0.452. The maximum Gasteiger partial charge on any atom is 0.342 e. The zero-order chi connectivity index (χ0) is 26.8. The van der Waals surface area contributed by atoms with Gasteiger partial charge >= 0.3 is 11.9 Å². The highest BCUT2D eigenvalue weighted by molar-refractivity contribution is 6.27. The van der Waals surface area contributed by atoms with Crippen LogP contribution in [-0.4, -0.2) is 39.6 Å². The topological polar surface area (TPSA) is 69.9 Å². The lowest BCUT2D eigenvalue weighted by Crippen LogP contribution is -2.32. The molecule has 1 saturated carbocycles. The van der Waals surface area contributed by atoms with Gasteiger partial charge in [0.1, 0.15) is 22.6 Å². The maximum absolute atomic E-state index is 13.7. The Bertz CT molecular complexity index is 1310. The van der Waals surface area contributed by atoms with Gasteiger partial charge in [-0.1, -0.05) is 55.7 Å².